The maximum absolute atomic E-state index is 13.6. The highest BCUT2D eigenvalue weighted by atomic mass is 35.5. The molecule has 7 nitrogen and oxygen atoms in total. The van der Waals surface area contributed by atoms with Gasteiger partial charge in [-0.1, -0.05) is 35.3 Å². The quantitative estimate of drug-likeness (QED) is 0.387. The zero-order valence-electron chi connectivity index (χ0n) is 18.9. The summed E-state index contributed by atoms with van der Waals surface area (Å²) in [7, 11) is 0. The summed E-state index contributed by atoms with van der Waals surface area (Å²) in [5.74, 6) is 0.0313. The van der Waals surface area contributed by atoms with E-state index >= 15 is 0 Å². The molecule has 182 valence electrons. The molecule has 0 bridgehead atoms. The summed E-state index contributed by atoms with van der Waals surface area (Å²) in [4.78, 5) is 22.5. The third kappa shape index (κ3) is 5.85. The van der Waals surface area contributed by atoms with Crippen LogP contribution in [-0.4, -0.2) is 29.7 Å². The smallest absolute Gasteiger partial charge is 0.255 e. The van der Waals surface area contributed by atoms with E-state index in [1.807, 2.05) is 19.9 Å². The van der Waals surface area contributed by atoms with Gasteiger partial charge in [0.1, 0.15) is 18.0 Å². The number of amides is 1. The van der Waals surface area contributed by atoms with E-state index in [1.165, 1.54) is 24.5 Å². The Morgan fingerprint density at radius 2 is 1.91 bits per heavy atom. The van der Waals surface area contributed by atoms with Gasteiger partial charge in [0.25, 0.3) is 5.91 Å². The SMILES string of the molecule is CCOc1ccc(C(=O)Nc2c(Cl)cncc2Cl)cc1OCC1(C)C=C(c2cccc(F)c2)NO1. The van der Waals surface area contributed by atoms with Gasteiger partial charge >= 0.3 is 0 Å². The molecule has 3 aromatic rings. The minimum atomic E-state index is -0.860. The number of hydrogen-bond donors (Lipinski definition) is 2. The van der Waals surface area contributed by atoms with Crippen molar-refractivity contribution in [3.05, 3.63) is 87.9 Å². The van der Waals surface area contributed by atoms with E-state index in [0.717, 1.165) is 0 Å². The van der Waals surface area contributed by atoms with E-state index in [9.17, 15) is 9.18 Å². The van der Waals surface area contributed by atoms with Gasteiger partial charge in [-0.15, -0.1) is 0 Å². The van der Waals surface area contributed by atoms with Crippen molar-refractivity contribution in [2.75, 3.05) is 18.5 Å². The molecule has 1 aliphatic heterocycles. The summed E-state index contributed by atoms with van der Waals surface area (Å²) in [5, 5.41) is 3.12. The molecule has 2 aromatic carbocycles. The summed E-state index contributed by atoms with van der Waals surface area (Å²) in [6, 6.07) is 11.0. The Labute approximate surface area is 211 Å². The van der Waals surface area contributed by atoms with Crippen LogP contribution in [-0.2, 0) is 4.84 Å². The van der Waals surface area contributed by atoms with Gasteiger partial charge in [-0.05, 0) is 50.3 Å². The molecule has 0 fully saturated rings. The molecule has 1 amide bonds. The first-order valence-electron chi connectivity index (χ1n) is 10.7. The van der Waals surface area contributed by atoms with Crippen molar-refractivity contribution in [2.24, 2.45) is 0 Å². The predicted molar refractivity (Wildman–Crippen MR) is 132 cm³/mol. The summed E-state index contributed by atoms with van der Waals surface area (Å²) in [6.07, 6.45) is 4.58. The van der Waals surface area contributed by atoms with E-state index in [2.05, 4.69) is 15.8 Å². The van der Waals surface area contributed by atoms with Crippen LogP contribution in [0, 0.1) is 5.82 Å². The fraction of sp³-hybridized carbons (Fsp3) is 0.200. The maximum Gasteiger partial charge on any atom is 0.255 e. The first-order valence-corrected chi connectivity index (χ1v) is 11.5. The van der Waals surface area contributed by atoms with Gasteiger partial charge in [-0.3, -0.25) is 20.1 Å². The molecule has 4 rings (SSSR count). The first kappa shape index (κ1) is 24.8. The van der Waals surface area contributed by atoms with Gasteiger partial charge in [0.2, 0.25) is 0 Å². The van der Waals surface area contributed by atoms with Crippen LogP contribution in [0.25, 0.3) is 5.70 Å². The lowest BCUT2D eigenvalue weighted by Gasteiger charge is -2.22. The highest BCUT2D eigenvalue weighted by Crippen LogP contribution is 2.33. The summed E-state index contributed by atoms with van der Waals surface area (Å²) >= 11 is 12.2. The third-order valence-electron chi connectivity index (χ3n) is 5.09. The second-order valence-electron chi connectivity index (χ2n) is 7.90. The number of hydroxylamine groups is 1. The summed E-state index contributed by atoms with van der Waals surface area (Å²) in [5.41, 5.74) is 3.80. The number of carbonyl (C=O) groups excluding carboxylic acids is 1. The normalized spacial score (nSPS) is 16.9. The Hall–Kier alpha value is -3.33. The molecule has 0 radical (unpaired) electrons. The predicted octanol–water partition coefficient (Wildman–Crippen LogP) is 5.89. The average molecular weight is 518 g/mol. The van der Waals surface area contributed by atoms with Gasteiger partial charge in [0, 0.05) is 23.5 Å². The minimum absolute atomic E-state index is 0.0893. The second kappa shape index (κ2) is 10.5. The van der Waals surface area contributed by atoms with E-state index < -0.39 is 11.5 Å². The Morgan fingerprint density at radius 1 is 1.14 bits per heavy atom. The molecule has 0 saturated carbocycles. The number of nitrogens with zero attached hydrogens (tertiary/aromatic N) is 1. The highest BCUT2D eigenvalue weighted by Gasteiger charge is 2.32. The number of benzene rings is 2. The summed E-state index contributed by atoms with van der Waals surface area (Å²) < 4.78 is 25.3. The topological polar surface area (TPSA) is 81.7 Å². The zero-order valence-corrected chi connectivity index (χ0v) is 20.4. The Kier molecular flexibility index (Phi) is 7.45. The van der Waals surface area contributed by atoms with Crippen LogP contribution in [0.4, 0.5) is 10.1 Å². The number of pyridine rings is 1. The molecule has 0 aliphatic carbocycles. The van der Waals surface area contributed by atoms with Crippen LogP contribution in [0.2, 0.25) is 10.0 Å². The number of ether oxygens (including phenoxy) is 2. The molecule has 0 spiro atoms. The number of rotatable bonds is 8. The molecular weight excluding hydrogens is 496 g/mol. The molecule has 2 heterocycles. The highest BCUT2D eigenvalue weighted by molar-refractivity contribution is 6.39. The van der Waals surface area contributed by atoms with Crippen LogP contribution in [0.5, 0.6) is 11.5 Å². The van der Waals surface area contributed by atoms with Crippen LogP contribution < -0.4 is 20.3 Å². The molecule has 0 saturated heterocycles. The van der Waals surface area contributed by atoms with E-state index in [4.69, 9.17) is 37.5 Å². The number of carbonyl (C=O) groups is 1. The number of hydrogen-bond acceptors (Lipinski definition) is 6. The van der Waals surface area contributed by atoms with Crippen molar-refractivity contribution in [2.45, 2.75) is 19.4 Å². The van der Waals surface area contributed by atoms with Gasteiger partial charge in [0.15, 0.2) is 11.5 Å². The molecular formula is C25H22Cl2FN3O4. The largest absolute Gasteiger partial charge is 0.490 e. The lowest BCUT2D eigenvalue weighted by atomic mass is 10.0. The molecule has 2 N–H and O–H groups in total. The fourth-order valence-corrected chi connectivity index (χ4v) is 3.84. The van der Waals surface area contributed by atoms with E-state index in [-0.39, 0.29) is 28.2 Å². The Bertz CT molecular complexity index is 1270. The Morgan fingerprint density at radius 3 is 2.63 bits per heavy atom. The number of aromatic nitrogens is 1. The van der Waals surface area contributed by atoms with Gasteiger partial charge in [0.05, 0.1) is 28.0 Å². The zero-order chi connectivity index (χ0) is 25.0. The monoisotopic (exact) mass is 517 g/mol. The molecule has 1 atom stereocenters. The molecule has 1 aromatic heterocycles. The van der Waals surface area contributed by atoms with Crippen molar-refractivity contribution in [1.29, 1.82) is 0 Å². The number of nitrogens with one attached hydrogen (secondary N) is 2. The minimum Gasteiger partial charge on any atom is -0.490 e. The van der Waals surface area contributed by atoms with Gasteiger partial charge in [-0.2, -0.15) is 0 Å². The van der Waals surface area contributed by atoms with Crippen molar-refractivity contribution in [3.8, 4) is 11.5 Å². The average Bonchev–Trinajstić information content (AvgIpc) is 3.23. The lowest BCUT2D eigenvalue weighted by molar-refractivity contribution is -0.0476. The van der Waals surface area contributed by atoms with Crippen molar-refractivity contribution in [3.63, 3.8) is 0 Å². The van der Waals surface area contributed by atoms with Crippen molar-refractivity contribution < 1.29 is 23.5 Å². The van der Waals surface area contributed by atoms with E-state index in [1.54, 1.807) is 30.3 Å². The third-order valence-corrected chi connectivity index (χ3v) is 5.66. The molecule has 1 aliphatic rings. The summed E-state index contributed by atoms with van der Waals surface area (Å²) in [6.45, 7) is 4.16. The maximum atomic E-state index is 13.6. The second-order valence-corrected chi connectivity index (χ2v) is 8.72. The number of anilines is 1. The van der Waals surface area contributed by atoms with Crippen LogP contribution in [0.1, 0.15) is 29.8 Å². The molecule has 1 unspecified atom stereocenters. The molecule has 10 heteroatoms. The standard InChI is InChI=1S/C25H22Cl2FN3O4/c1-3-33-21-8-7-16(24(32)30-23-18(26)12-29-13-19(23)27)10-22(21)34-14-25(2)11-20(31-35-25)15-5-4-6-17(28)9-15/h4-13,31H,3,14H2,1-2H3,(H,29,30,32). The Balaban J connectivity index is 1.53. The lowest BCUT2D eigenvalue weighted by Crippen LogP contribution is -2.33. The van der Waals surface area contributed by atoms with Crippen LogP contribution >= 0.6 is 23.2 Å². The number of halogens is 3. The first-order chi connectivity index (χ1) is 16.8. The van der Waals surface area contributed by atoms with Gasteiger partial charge < -0.3 is 14.8 Å². The van der Waals surface area contributed by atoms with Crippen LogP contribution in [0.3, 0.4) is 0 Å². The van der Waals surface area contributed by atoms with Crippen molar-refractivity contribution in [1.82, 2.24) is 10.5 Å². The van der Waals surface area contributed by atoms with Crippen LogP contribution in [0.15, 0.2) is 60.9 Å². The van der Waals surface area contributed by atoms with Crippen molar-refractivity contribution >= 4 is 40.5 Å². The fourth-order valence-electron chi connectivity index (χ4n) is 3.38. The van der Waals surface area contributed by atoms with Gasteiger partial charge in [-0.25, -0.2) is 4.39 Å². The van der Waals surface area contributed by atoms with E-state index in [0.29, 0.717) is 34.9 Å². The molecule has 35 heavy (non-hydrogen) atoms.